The quantitative estimate of drug-likeness (QED) is 0.808. The third-order valence-corrected chi connectivity index (χ3v) is 3.00. The van der Waals surface area contributed by atoms with Gasteiger partial charge in [0.15, 0.2) is 5.82 Å². The highest BCUT2D eigenvalue weighted by Crippen LogP contribution is 2.28. The zero-order valence-corrected chi connectivity index (χ0v) is 9.23. The van der Waals surface area contributed by atoms with Crippen LogP contribution >= 0.6 is 0 Å². The van der Waals surface area contributed by atoms with Crippen LogP contribution in [0.2, 0.25) is 0 Å². The lowest BCUT2D eigenvalue weighted by Gasteiger charge is -2.14. The molecule has 1 aliphatic heterocycles. The highest BCUT2D eigenvalue weighted by molar-refractivity contribution is 5.62. The van der Waals surface area contributed by atoms with Gasteiger partial charge in [0.2, 0.25) is 5.95 Å². The van der Waals surface area contributed by atoms with E-state index in [2.05, 4.69) is 15.1 Å². The Balaban J connectivity index is 2.15. The fourth-order valence-corrected chi connectivity index (χ4v) is 2.19. The van der Waals surface area contributed by atoms with Gasteiger partial charge in [0, 0.05) is 17.8 Å². The zero-order valence-electron chi connectivity index (χ0n) is 9.23. The monoisotopic (exact) mass is 233 g/mol. The summed E-state index contributed by atoms with van der Waals surface area (Å²) in [6, 6.07) is 0. The summed E-state index contributed by atoms with van der Waals surface area (Å²) in [5, 5.41) is 4.25. The largest absolute Gasteiger partial charge is 0.368 e. The summed E-state index contributed by atoms with van der Waals surface area (Å²) >= 11 is 0. The molecule has 0 unspecified atom stereocenters. The van der Waals surface area contributed by atoms with Crippen molar-refractivity contribution in [2.24, 2.45) is 0 Å². The number of hydrogen-bond donors (Lipinski definition) is 1. The molecule has 0 fully saturated rings. The van der Waals surface area contributed by atoms with Crippen molar-refractivity contribution in [3.05, 3.63) is 23.9 Å². The van der Waals surface area contributed by atoms with Crippen molar-refractivity contribution in [1.29, 1.82) is 0 Å². The molecule has 0 amide bonds. The van der Waals surface area contributed by atoms with Gasteiger partial charge in [0.1, 0.15) is 5.69 Å². The minimum Gasteiger partial charge on any atom is -0.368 e. The lowest BCUT2D eigenvalue weighted by atomic mass is 10.0. The molecule has 0 saturated heterocycles. The molecule has 0 aliphatic carbocycles. The van der Waals surface area contributed by atoms with E-state index in [4.69, 9.17) is 5.73 Å². The maximum Gasteiger partial charge on any atom is 0.220 e. The molecule has 1 aliphatic rings. The fourth-order valence-electron chi connectivity index (χ4n) is 2.19. The number of nitrogen functional groups attached to an aromatic ring is 1. The molecule has 17 heavy (non-hydrogen) atoms. The van der Waals surface area contributed by atoms with Gasteiger partial charge >= 0.3 is 0 Å². The van der Waals surface area contributed by atoms with Crippen molar-refractivity contribution in [2.45, 2.75) is 25.8 Å². The molecule has 0 bridgehead atoms. The van der Waals surface area contributed by atoms with E-state index in [-0.39, 0.29) is 11.6 Å². The molecule has 2 aromatic heterocycles. The second-order valence-electron chi connectivity index (χ2n) is 4.11. The third kappa shape index (κ3) is 1.65. The smallest absolute Gasteiger partial charge is 0.220 e. The Morgan fingerprint density at radius 1 is 1.29 bits per heavy atom. The highest BCUT2D eigenvalue weighted by atomic mass is 19.1. The molecule has 5 nitrogen and oxygen atoms in total. The van der Waals surface area contributed by atoms with E-state index in [0.717, 1.165) is 43.3 Å². The van der Waals surface area contributed by atoms with Crippen molar-refractivity contribution in [2.75, 3.05) is 5.73 Å². The molecule has 6 heteroatoms. The van der Waals surface area contributed by atoms with Gasteiger partial charge in [0.25, 0.3) is 0 Å². The summed E-state index contributed by atoms with van der Waals surface area (Å²) in [6.45, 7) is 0.886. The van der Waals surface area contributed by atoms with E-state index in [0.29, 0.717) is 0 Å². The molecular formula is C11H12FN5. The summed E-state index contributed by atoms with van der Waals surface area (Å²) in [4.78, 5) is 7.59. The number of nitrogens with zero attached hydrogens (tertiary/aromatic N) is 4. The summed E-state index contributed by atoms with van der Waals surface area (Å²) in [5.74, 6) is -0.377. The molecule has 2 aromatic rings. The van der Waals surface area contributed by atoms with E-state index in [9.17, 15) is 4.39 Å². The molecule has 0 radical (unpaired) electrons. The fraction of sp³-hybridized carbons (Fsp3) is 0.364. The molecule has 3 rings (SSSR count). The van der Waals surface area contributed by atoms with Crippen LogP contribution < -0.4 is 5.73 Å². The maximum absolute atomic E-state index is 13.7. The Kier molecular flexibility index (Phi) is 2.28. The van der Waals surface area contributed by atoms with E-state index in [1.807, 2.05) is 4.68 Å². The number of nitrogens with two attached hydrogens (primary N) is 1. The highest BCUT2D eigenvalue weighted by Gasteiger charge is 2.19. The van der Waals surface area contributed by atoms with E-state index in [1.165, 1.54) is 0 Å². The van der Waals surface area contributed by atoms with Crippen LogP contribution in [0.15, 0.2) is 12.4 Å². The topological polar surface area (TPSA) is 69.6 Å². The number of halogens is 1. The first-order valence-electron chi connectivity index (χ1n) is 5.59. The van der Waals surface area contributed by atoms with E-state index >= 15 is 0 Å². The molecule has 88 valence electrons. The van der Waals surface area contributed by atoms with Crippen LogP contribution in [0.5, 0.6) is 0 Å². The predicted octanol–water partition coefficient (Wildman–Crippen LogP) is 1.40. The number of aromatic nitrogens is 4. The van der Waals surface area contributed by atoms with Crippen LogP contribution in [0.3, 0.4) is 0 Å². The number of rotatable bonds is 1. The summed E-state index contributed by atoms with van der Waals surface area (Å²) < 4.78 is 15.6. The molecule has 0 aromatic carbocycles. The van der Waals surface area contributed by atoms with Gasteiger partial charge in [0.05, 0.1) is 12.4 Å². The predicted molar refractivity (Wildman–Crippen MR) is 60.6 cm³/mol. The Bertz CT molecular complexity index is 563. The standard InChI is InChI=1S/C11H12FN5/c12-8-6-14-11(13)16-10(8)7-5-15-17-4-2-1-3-9(7)17/h5-6H,1-4H2,(H2,13,14,16). The minimum absolute atomic E-state index is 0.0807. The summed E-state index contributed by atoms with van der Waals surface area (Å²) in [5.41, 5.74) is 7.51. The number of aryl methyl sites for hydroxylation is 1. The normalized spacial score (nSPS) is 14.6. The van der Waals surface area contributed by atoms with Crippen molar-refractivity contribution < 1.29 is 4.39 Å². The second kappa shape index (κ2) is 3.80. The molecule has 2 N–H and O–H groups in total. The molecule has 0 atom stereocenters. The van der Waals surface area contributed by atoms with Gasteiger partial charge in [-0.25, -0.2) is 14.4 Å². The lowest BCUT2D eigenvalue weighted by Crippen LogP contribution is -2.11. The first-order valence-corrected chi connectivity index (χ1v) is 5.59. The Morgan fingerprint density at radius 2 is 2.18 bits per heavy atom. The van der Waals surface area contributed by atoms with Gasteiger partial charge in [-0.15, -0.1) is 0 Å². The third-order valence-electron chi connectivity index (χ3n) is 3.00. The van der Waals surface area contributed by atoms with Crippen LogP contribution in [0.4, 0.5) is 10.3 Å². The van der Waals surface area contributed by atoms with Crippen LogP contribution in [0.1, 0.15) is 18.5 Å². The average Bonchev–Trinajstić information content (AvgIpc) is 2.76. The molecule has 0 saturated carbocycles. The lowest BCUT2D eigenvalue weighted by molar-refractivity contribution is 0.486. The van der Waals surface area contributed by atoms with Crippen molar-refractivity contribution >= 4 is 5.95 Å². The van der Waals surface area contributed by atoms with Crippen molar-refractivity contribution in [1.82, 2.24) is 19.7 Å². The first kappa shape index (κ1) is 10.2. The van der Waals surface area contributed by atoms with E-state index in [1.54, 1.807) is 6.20 Å². The first-order chi connectivity index (χ1) is 8.25. The van der Waals surface area contributed by atoms with Gasteiger partial charge in [-0.1, -0.05) is 0 Å². The number of fused-ring (bicyclic) bond motifs is 1. The SMILES string of the molecule is Nc1ncc(F)c(-c2cnn3c2CCCC3)n1. The Morgan fingerprint density at radius 3 is 3.06 bits per heavy atom. The molecular weight excluding hydrogens is 221 g/mol. The van der Waals surface area contributed by atoms with Crippen molar-refractivity contribution in [3.8, 4) is 11.3 Å². The number of anilines is 1. The van der Waals surface area contributed by atoms with Gasteiger partial charge < -0.3 is 5.73 Å². The minimum atomic E-state index is -0.458. The zero-order chi connectivity index (χ0) is 11.8. The Hall–Kier alpha value is -1.98. The molecule has 3 heterocycles. The number of hydrogen-bond acceptors (Lipinski definition) is 4. The average molecular weight is 233 g/mol. The second-order valence-corrected chi connectivity index (χ2v) is 4.11. The van der Waals surface area contributed by atoms with Crippen LogP contribution in [-0.2, 0) is 13.0 Å². The van der Waals surface area contributed by atoms with Gasteiger partial charge in [-0.2, -0.15) is 5.10 Å². The Labute approximate surface area is 97.5 Å². The van der Waals surface area contributed by atoms with Gasteiger partial charge in [-0.05, 0) is 19.3 Å². The van der Waals surface area contributed by atoms with Gasteiger partial charge in [-0.3, -0.25) is 4.68 Å². The summed E-state index contributed by atoms with van der Waals surface area (Å²) in [6.07, 6.45) is 5.87. The maximum atomic E-state index is 13.7. The van der Waals surface area contributed by atoms with Crippen LogP contribution in [0, 0.1) is 5.82 Å². The summed E-state index contributed by atoms with van der Waals surface area (Å²) in [7, 11) is 0. The van der Waals surface area contributed by atoms with Crippen molar-refractivity contribution in [3.63, 3.8) is 0 Å². The van der Waals surface area contributed by atoms with E-state index < -0.39 is 5.82 Å². The molecule has 0 spiro atoms. The van der Waals surface area contributed by atoms with Crippen LogP contribution in [0.25, 0.3) is 11.3 Å². The van der Waals surface area contributed by atoms with Crippen LogP contribution in [-0.4, -0.2) is 19.7 Å².